The van der Waals surface area contributed by atoms with Crippen molar-refractivity contribution in [1.29, 1.82) is 0 Å². The molecule has 0 unspecified atom stereocenters. The maximum atomic E-state index is 12.2. The van der Waals surface area contributed by atoms with E-state index in [1.165, 1.54) is 0 Å². The predicted molar refractivity (Wildman–Crippen MR) is 81.8 cm³/mol. The van der Waals surface area contributed by atoms with E-state index >= 15 is 0 Å². The molecule has 1 amide bonds. The minimum atomic E-state index is -0.133. The topological polar surface area (TPSA) is 46.9 Å². The minimum absolute atomic E-state index is 0.133. The Kier molecular flexibility index (Phi) is 4.66. The van der Waals surface area contributed by atoms with Crippen molar-refractivity contribution in [2.75, 3.05) is 11.6 Å². The van der Waals surface area contributed by atoms with E-state index in [9.17, 15) is 4.79 Å². The number of anilines is 1. The summed E-state index contributed by atoms with van der Waals surface area (Å²) in [6, 6.07) is 5.54. The van der Waals surface area contributed by atoms with Crippen molar-refractivity contribution in [3.05, 3.63) is 40.8 Å². The number of carbonyl (C=O) groups is 1. The van der Waals surface area contributed by atoms with Gasteiger partial charge in [0.05, 0.1) is 16.9 Å². The smallest absolute Gasteiger partial charge is 0.272 e. The van der Waals surface area contributed by atoms with Crippen molar-refractivity contribution in [1.82, 2.24) is 9.55 Å². The summed E-state index contributed by atoms with van der Waals surface area (Å²) < 4.78 is 2.79. The van der Waals surface area contributed by atoms with Gasteiger partial charge in [0.25, 0.3) is 5.91 Å². The van der Waals surface area contributed by atoms with Gasteiger partial charge in [0.2, 0.25) is 0 Å². The van der Waals surface area contributed by atoms with E-state index in [0.29, 0.717) is 11.4 Å². The Bertz CT molecular complexity index is 580. The Hall–Kier alpha value is -1.27. The highest BCUT2D eigenvalue weighted by molar-refractivity contribution is 9.10. The molecule has 6 heteroatoms. The van der Waals surface area contributed by atoms with Gasteiger partial charge in [-0.2, -0.15) is 0 Å². The number of thioether (sulfide) groups is 1. The summed E-state index contributed by atoms with van der Waals surface area (Å²) in [6.07, 6.45) is 5.52. The van der Waals surface area contributed by atoms with E-state index in [2.05, 4.69) is 26.2 Å². The molecule has 0 spiro atoms. The highest BCUT2D eigenvalue weighted by Gasteiger charge is 2.12. The number of halogens is 1. The number of hydrogen-bond donors (Lipinski definition) is 1. The van der Waals surface area contributed by atoms with Gasteiger partial charge in [0.15, 0.2) is 0 Å². The summed E-state index contributed by atoms with van der Waals surface area (Å²) in [5, 5.41) is 3.77. The molecule has 0 saturated heterocycles. The van der Waals surface area contributed by atoms with Crippen molar-refractivity contribution < 1.29 is 4.79 Å². The Labute approximate surface area is 124 Å². The van der Waals surface area contributed by atoms with Crippen LogP contribution in [-0.2, 0) is 6.54 Å². The highest BCUT2D eigenvalue weighted by atomic mass is 79.9. The molecule has 0 aromatic carbocycles. The molecule has 2 rings (SSSR count). The monoisotopic (exact) mass is 339 g/mol. The fraction of sp³-hybridized carbons (Fsp3) is 0.231. The lowest BCUT2D eigenvalue weighted by Crippen LogP contribution is -2.16. The van der Waals surface area contributed by atoms with E-state index in [4.69, 9.17) is 0 Å². The van der Waals surface area contributed by atoms with Crippen molar-refractivity contribution in [2.24, 2.45) is 0 Å². The average Bonchev–Trinajstić information content (AvgIpc) is 2.81. The van der Waals surface area contributed by atoms with Gasteiger partial charge in [-0.3, -0.25) is 4.79 Å². The minimum Gasteiger partial charge on any atom is -0.343 e. The van der Waals surface area contributed by atoms with Gasteiger partial charge in [-0.25, -0.2) is 4.98 Å². The summed E-state index contributed by atoms with van der Waals surface area (Å²) in [7, 11) is 0. The maximum absolute atomic E-state index is 12.2. The molecule has 4 nitrogen and oxygen atoms in total. The van der Waals surface area contributed by atoms with Crippen LogP contribution in [0.2, 0.25) is 0 Å². The van der Waals surface area contributed by atoms with Crippen molar-refractivity contribution in [3.8, 4) is 0 Å². The number of rotatable bonds is 4. The molecule has 0 fully saturated rings. The molecular weight excluding hydrogens is 326 g/mol. The third kappa shape index (κ3) is 3.39. The second kappa shape index (κ2) is 6.25. The van der Waals surface area contributed by atoms with Crippen LogP contribution < -0.4 is 5.32 Å². The quantitative estimate of drug-likeness (QED) is 0.865. The zero-order valence-corrected chi connectivity index (χ0v) is 13.1. The predicted octanol–water partition coefficient (Wildman–Crippen LogP) is 3.64. The number of nitrogens with zero attached hydrogens (tertiary/aromatic N) is 2. The number of amides is 1. The first-order chi connectivity index (χ1) is 9.13. The van der Waals surface area contributed by atoms with E-state index in [1.54, 1.807) is 18.0 Å². The van der Waals surface area contributed by atoms with Crippen molar-refractivity contribution in [3.63, 3.8) is 0 Å². The fourth-order valence-corrected chi connectivity index (χ4v) is 2.52. The summed E-state index contributed by atoms with van der Waals surface area (Å²) in [6.45, 7) is 2.75. The highest BCUT2D eigenvalue weighted by Crippen LogP contribution is 2.18. The van der Waals surface area contributed by atoms with Crippen molar-refractivity contribution >= 4 is 39.3 Å². The lowest BCUT2D eigenvalue weighted by Gasteiger charge is -2.07. The largest absolute Gasteiger partial charge is 0.343 e. The van der Waals surface area contributed by atoms with E-state index in [1.807, 2.05) is 42.1 Å². The van der Waals surface area contributed by atoms with Gasteiger partial charge in [0.1, 0.15) is 5.69 Å². The molecule has 2 aromatic rings. The molecule has 0 saturated carbocycles. The van der Waals surface area contributed by atoms with Gasteiger partial charge in [-0.15, -0.1) is 11.8 Å². The molecule has 0 bridgehead atoms. The molecule has 2 heterocycles. The second-order valence-electron chi connectivity index (χ2n) is 3.87. The first-order valence-electron chi connectivity index (χ1n) is 5.81. The zero-order valence-electron chi connectivity index (χ0n) is 10.7. The lowest BCUT2D eigenvalue weighted by molar-refractivity contribution is 0.101. The molecule has 2 aromatic heterocycles. The molecule has 0 aliphatic carbocycles. The number of nitrogens with one attached hydrogen (secondary N) is 1. The summed E-state index contributed by atoms with van der Waals surface area (Å²) >= 11 is 4.95. The Morgan fingerprint density at radius 2 is 2.32 bits per heavy atom. The SMILES string of the molecule is CCn1cc(Br)cc1C(=O)Nc1ccc(SC)nc1. The number of aromatic nitrogens is 2. The van der Waals surface area contributed by atoms with E-state index in [0.717, 1.165) is 16.0 Å². The normalized spacial score (nSPS) is 10.5. The van der Waals surface area contributed by atoms with Crippen LogP contribution in [0.1, 0.15) is 17.4 Å². The second-order valence-corrected chi connectivity index (χ2v) is 5.62. The van der Waals surface area contributed by atoms with Gasteiger partial charge in [0, 0.05) is 17.2 Å². The number of hydrogen-bond acceptors (Lipinski definition) is 3. The summed E-state index contributed by atoms with van der Waals surface area (Å²) in [5.41, 5.74) is 1.33. The molecule has 0 aliphatic heterocycles. The molecule has 0 radical (unpaired) electrons. The van der Waals surface area contributed by atoms with Gasteiger partial charge >= 0.3 is 0 Å². The first kappa shape index (κ1) is 14.1. The molecule has 0 atom stereocenters. The number of pyridine rings is 1. The van der Waals surface area contributed by atoms with Gasteiger partial charge < -0.3 is 9.88 Å². The average molecular weight is 340 g/mol. The summed E-state index contributed by atoms with van der Waals surface area (Å²) in [4.78, 5) is 16.4. The fourth-order valence-electron chi connectivity index (χ4n) is 1.70. The van der Waals surface area contributed by atoms with Crippen LogP contribution >= 0.6 is 27.7 Å². The number of aryl methyl sites for hydroxylation is 1. The Morgan fingerprint density at radius 3 is 2.89 bits per heavy atom. The first-order valence-corrected chi connectivity index (χ1v) is 7.83. The van der Waals surface area contributed by atoms with Crippen LogP contribution in [0, 0.1) is 0 Å². The molecular formula is C13H14BrN3OS. The van der Waals surface area contributed by atoms with E-state index in [-0.39, 0.29) is 5.91 Å². The van der Waals surface area contributed by atoms with E-state index < -0.39 is 0 Å². The van der Waals surface area contributed by atoms with Crippen LogP contribution in [0.3, 0.4) is 0 Å². The van der Waals surface area contributed by atoms with Crippen LogP contribution in [0.5, 0.6) is 0 Å². The Morgan fingerprint density at radius 1 is 1.53 bits per heavy atom. The lowest BCUT2D eigenvalue weighted by atomic mass is 10.3. The van der Waals surface area contributed by atoms with Gasteiger partial charge in [-0.1, -0.05) is 0 Å². The summed E-state index contributed by atoms with van der Waals surface area (Å²) in [5.74, 6) is -0.133. The van der Waals surface area contributed by atoms with Crippen molar-refractivity contribution in [2.45, 2.75) is 18.5 Å². The van der Waals surface area contributed by atoms with Crippen LogP contribution in [0.4, 0.5) is 5.69 Å². The van der Waals surface area contributed by atoms with Gasteiger partial charge in [-0.05, 0) is 47.3 Å². The molecule has 0 aliphatic rings. The van der Waals surface area contributed by atoms with Crippen LogP contribution in [-0.4, -0.2) is 21.7 Å². The third-order valence-corrected chi connectivity index (χ3v) is 3.73. The standard InChI is InChI=1S/C13H14BrN3OS/c1-3-17-8-9(14)6-11(17)13(18)16-10-4-5-12(19-2)15-7-10/h4-8H,3H2,1-2H3,(H,16,18). The van der Waals surface area contributed by atoms with Crippen LogP contribution in [0.25, 0.3) is 0 Å². The zero-order chi connectivity index (χ0) is 13.8. The molecule has 100 valence electrons. The van der Waals surface area contributed by atoms with Crippen LogP contribution in [0.15, 0.2) is 40.1 Å². The maximum Gasteiger partial charge on any atom is 0.272 e. The third-order valence-electron chi connectivity index (χ3n) is 2.64. The molecule has 1 N–H and O–H groups in total. The number of carbonyl (C=O) groups excluding carboxylic acids is 1. The Balaban J connectivity index is 2.15. The molecule has 19 heavy (non-hydrogen) atoms.